The minimum Gasteiger partial charge on any atom is -0.493 e. The lowest BCUT2D eigenvalue weighted by Gasteiger charge is -2.01. The predicted octanol–water partition coefficient (Wildman–Crippen LogP) is 2.77. The molecule has 0 radical (unpaired) electrons. The van der Waals surface area contributed by atoms with Gasteiger partial charge in [0.1, 0.15) is 12.8 Å². The molecule has 0 N–H and O–H groups in total. The second kappa shape index (κ2) is 4.74. The van der Waals surface area contributed by atoms with E-state index in [1.54, 1.807) is 6.20 Å². The average Bonchev–Trinajstić information content (AvgIpc) is 3.16. The first-order valence-corrected chi connectivity index (χ1v) is 6.97. The molecule has 1 aliphatic rings. The third kappa shape index (κ3) is 2.18. The summed E-state index contributed by atoms with van der Waals surface area (Å²) in [4.78, 5) is 4.38. The zero-order valence-corrected chi connectivity index (χ0v) is 11.7. The van der Waals surface area contributed by atoms with Crippen LogP contribution in [0.2, 0.25) is 0 Å². The van der Waals surface area contributed by atoms with Gasteiger partial charge in [0.2, 0.25) is 5.89 Å². The van der Waals surface area contributed by atoms with Crippen LogP contribution >= 0.6 is 0 Å². The van der Waals surface area contributed by atoms with Crippen molar-refractivity contribution in [3.05, 3.63) is 54.5 Å². The number of benzene rings is 1. The Morgan fingerprint density at radius 1 is 1.10 bits per heavy atom. The number of ether oxygens (including phenoxy) is 1. The third-order valence-corrected chi connectivity index (χ3v) is 3.71. The van der Waals surface area contributed by atoms with Crippen molar-refractivity contribution in [3.8, 4) is 28.5 Å². The maximum absolute atomic E-state index is 5.89. The number of rotatable bonds is 2. The zero-order chi connectivity index (χ0) is 14.2. The summed E-state index contributed by atoms with van der Waals surface area (Å²) in [5, 5.41) is 0. The van der Waals surface area contributed by atoms with Crippen LogP contribution < -0.4 is 9.30 Å². The predicted molar refractivity (Wildman–Crippen MR) is 77.8 cm³/mol. The molecule has 0 aliphatic carbocycles. The van der Waals surface area contributed by atoms with E-state index >= 15 is 0 Å². The quantitative estimate of drug-likeness (QED) is 0.677. The van der Waals surface area contributed by atoms with Gasteiger partial charge in [0.15, 0.2) is 18.2 Å². The molecule has 104 valence electrons. The standard InChI is InChI=1S/C17H15N2O2/c1-19-7-4-12(5-8-19)17-18-11-16(21-17)13-2-3-15-14(10-13)6-9-20-15/h2-5,7-8,10-11H,6,9H2,1H3/q+1. The molecule has 0 spiro atoms. The topological polar surface area (TPSA) is 39.1 Å². The Kier molecular flexibility index (Phi) is 2.74. The third-order valence-electron chi connectivity index (χ3n) is 3.71. The van der Waals surface area contributed by atoms with E-state index in [1.807, 2.05) is 48.3 Å². The summed E-state index contributed by atoms with van der Waals surface area (Å²) in [6, 6.07) is 10.1. The van der Waals surface area contributed by atoms with Crippen LogP contribution in [0.5, 0.6) is 5.75 Å². The lowest BCUT2D eigenvalue weighted by molar-refractivity contribution is -0.671. The fourth-order valence-electron chi connectivity index (χ4n) is 2.52. The van der Waals surface area contributed by atoms with E-state index < -0.39 is 0 Å². The van der Waals surface area contributed by atoms with Gasteiger partial charge in [-0.05, 0) is 23.8 Å². The summed E-state index contributed by atoms with van der Waals surface area (Å²) in [6.07, 6.45) is 6.69. The molecular formula is C17H15N2O2+. The number of nitrogens with zero attached hydrogens (tertiary/aromatic N) is 2. The number of hydrogen-bond acceptors (Lipinski definition) is 3. The molecule has 21 heavy (non-hydrogen) atoms. The van der Waals surface area contributed by atoms with Gasteiger partial charge < -0.3 is 9.15 Å². The normalized spacial score (nSPS) is 13.0. The lowest BCUT2D eigenvalue weighted by Crippen LogP contribution is -2.25. The molecule has 4 rings (SSSR count). The van der Waals surface area contributed by atoms with Crippen molar-refractivity contribution in [2.75, 3.05) is 6.61 Å². The molecule has 4 heteroatoms. The number of aryl methyl sites for hydroxylation is 1. The van der Waals surface area contributed by atoms with E-state index in [0.29, 0.717) is 5.89 Å². The van der Waals surface area contributed by atoms with Gasteiger partial charge in [0.05, 0.1) is 12.8 Å². The van der Waals surface area contributed by atoms with Gasteiger partial charge in [-0.15, -0.1) is 0 Å². The SMILES string of the molecule is C[n+]1ccc(-c2ncc(-c3ccc4c(c3)CCO4)o2)cc1. The molecule has 3 aromatic rings. The van der Waals surface area contributed by atoms with Crippen LogP contribution in [0, 0.1) is 0 Å². The molecule has 1 aliphatic heterocycles. The Labute approximate surface area is 122 Å². The van der Waals surface area contributed by atoms with Crippen molar-refractivity contribution < 1.29 is 13.7 Å². The molecule has 3 heterocycles. The molecule has 0 fully saturated rings. The van der Waals surface area contributed by atoms with Crippen molar-refractivity contribution in [1.82, 2.24) is 4.98 Å². The first-order valence-electron chi connectivity index (χ1n) is 6.97. The summed E-state index contributed by atoms with van der Waals surface area (Å²) >= 11 is 0. The minimum absolute atomic E-state index is 0.641. The van der Waals surface area contributed by atoms with Gasteiger partial charge in [-0.1, -0.05) is 0 Å². The fraction of sp³-hybridized carbons (Fsp3) is 0.176. The Hall–Kier alpha value is -2.62. The average molecular weight is 279 g/mol. The molecule has 1 aromatic carbocycles. The molecule has 4 nitrogen and oxygen atoms in total. The van der Waals surface area contributed by atoms with E-state index in [9.17, 15) is 0 Å². The number of hydrogen-bond donors (Lipinski definition) is 0. The highest BCUT2D eigenvalue weighted by atomic mass is 16.5. The Morgan fingerprint density at radius 2 is 1.95 bits per heavy atom. The molecule has 0 saturated heterocycles. The summed E-state index contributed by atoms with van der Waals surface area (Å²) in [6.45, 7) is 0.765. The van der Waals surface area contributed by atoms with Crippen LogP contribution in [-0.4, -0.2) is 11.6 Å². The Balaban J connectivity index is 1.69. The summed E-state index contributed by atoms with van der Waals surface area (Å²) in [5.41, 5.74) is 3.25. The van der Waals surface area contributed by atoms with Gasteiger partial charge >= 0.3 is 0 Å². The highest BCUT2D eigenvalue weighted by Gasteiger charge is 2.15. The lowest BCUT2D eigenvalue weighted by atomic mass is 10.1. The second-order valence-electron chi connectivity index (χ2n) is 5.20. The van der Waals surface area contributed by atoms with Gasteiger partial charge in [0, 0.05) is 29.7 Å². The van der Waals surface area contributed by atoms with Crippen molar-refractivity contribution in [2.45, 2.75) is 6.42 Å². The van der Waals surface area contributed by atoms with Gasteiger partial charge in [-0.2, -0.15) is 0 Å². The second-order valence-corrected chi connectivity index (χ2v) is 5.20. The summed E-state index contributed by atoms with van der Waals surface area (Å²) < 4.78 is 13.4. The van der Waals surface area contributed by atoms with Gasteiger partial charge in [0.25, 0.3) is 0 Å². The molecule has 0 bridgehead atoms. The molecule has 2 aromatic heterocycles. The Morgan fingerprint density at radius 3 is 2.81 bits per heavy atom. The van der Waals surface area contributed by atoms with E-state index in [2.05, 4.69) is 11.1 Å². The monoisotopic (exact) mass is 279 g/mol. The molecule has 0 saturated carbocycles. The number of oxazole rings is 1. The smallest absolute Gasteiger partial charge is 0.227 e. The largest absolute Gasteiger partial charge is 0.493 e. The highest BCUT2D eigenvalue weighted by Crippen LogP contribution is 2.32. The number of pyridine rings is 1. The van der Waals surface area contributed by atoms with Crippen LogP contribution in [-0.2, 0) is 13.5 Å². The van der Waals surface area contributed by atoms with Crippen molar-refractivity contribution in [3.63, 3.8) is 0 Å². The van der Waals surface area contributed by atoms with Gasteiger partial charge in [-0.3, -0.25) is 0 Å². The minimum atomic E-state index is 0.641. The summed E-state index contributed by atoms with van der Waals surface area (Å²) in [7, 11) is 1.98. The van der Waals surface area contributed by atoms with Crippen LogP contribution in [0.4, 0.5) is 0 Å². The van der Waals surface area contributed by atoms with Crippen molar-refractivity contribution in [1.29, 1.82) is 0 Å². The van der Waals surface area contributed by atoms with E-state index in [4.69, 9.17) is 9.15 Å². The number of aromatic nitrogens is 2. The van der Waals surface area contributed by atoms with Crippen LogP contribution in [0.1, 0.15) is 5.56 Å². The van der Waals surface area contributed by atoms with Crippen LogP contribution in [0.15, 0.2) is 53.3 Å². The maximum Gasteiger partial charge on any atom is 0.227 e. The van der Waals surface area contributed by atoms with Crippen molar-refractivity contribution >= 4 is 0 Å². The molecular weight excluding hydrogens is 264 g/mol. The van der Waals surface area contributed by atoms with E-state index in [0.717, 1.165) is 35.7 Å². The van der Waals surface area contributed by atoms with E-state index in [-0.39, 0.29) is 0 Å². The fourth-order valence-corrected chi connectivity index (χ4v) is 2.52. The maximum atomic E-state index is 5.89. The zero-order valence-electron chi connectivity index (χ0n) is 11.7. The van der Waals surface area contributed by atoms with E-state index in [1.165, 1.54) is 5.56 Å². The Bertz CT molecular complexity index is 791. The first-order chi connectivity index (χ1) is 10.3. The molecule has 0 atom stereocenters. The molecule has 0 unspecified atom stereocenters. The van der Waals surface area contributed by atoms with Crippen LogP contribution in [0.3, 0.4) is 0 Å². The van der Waals surface area contributed by atoms with Crippen molar-refractivity contribution in [2.24, 2.45) is 7.05 Å². The van der Waals surface area contributed by atoms with Crippen LogP contribution in [0.25, 0.3) is 22.8 Å². The number of fused-ring (bicyclic) bond motifs is 1. The molecule has 0 amide bonds. The summed E-state index contributed by atoms with van der Waals surface area (Å²) in [5.74, 6) is 2.41. The first kappa shape index (κ1) is 12.1. The highest BCUT2D eigenvalue weighted by molar-refractivity contribution is 5.63. The van der Waals surface area contributed by atoms with Gasteiger partial charge in [-0.25, -0.2) is 9.55 Å².